The van der Waals surface area contributed by atoms with E-state index in [2.05, 4.69) is 21.9 Å². The molecule has 2 rings (SSSR count). The van der Waals surface area contributed by atoms with Gasteiger partial charge < -0.3 is 5.73 Å². The van der Waals surface area contributed by atoms with Gasteiger partial charge in [0.2, 0.25) is 5.95 Å². The Morgan fingerprint density at radius 2 is 2.00 bits per heavy atom. The number of nitrogen functional groups attached to an aromatic ring is 1. The van der Waals surface area contributed by atoms with Crippen molar-refractivity contribution in [1.82, 2.24) is 15.0 Å². The van der Waals surface area contributed by atoms with E-state index >= 15 is 0 Å². The molecule has 4 nitrogen and oxygen atoms in total. The van der Waals surface area contributed by atoms with Gasteiger partial charge in [0.1, 0.15) is 11.6 Å². The molecular formula is C10H16N4. The smallest absolute Gasteiger partial charge is 0.223 e. The summed E-state index contributed by atoms with van der Waals surface area (Å²) < 4.78 is 0. The molecule has 0 saturated heterocycles. The van der Waals surface area contributed by atoms with Crippen molar-refractivity contribution in [2.24, 2.45) is 5.92 Å². The number of nitrogens with zero attached hydrogens (tertiary/aromatic N) is 3. The van der Waals surface area contributed by atoms with E-state index in [-0.39, 0.29) is 0 Å². The van der Waals surface area contributed by atoms with E-state index in [1.54, 1.807) is 0 Å². The summed E-state index contributed by atoms with van der Waals surface area (Å²) in [5, 5.41) is 0. The maximum Gasteiger partial charge on any atom is 0.223 e. The highest BCUT2D eigenvalue weighted by atomic mass is 15.1. The first-order chi connectivity index (χ1) is 6.65. The molecule has 0 aromatic carbocycles. The molecule has 2 unspecified atom stereocenters. The van der Waals surface area contributed by atoms with Crippen LogP contribution in [0.3, 0.4) is 0 Å². The highest BCUT2D eigenvalue weighted by molar-refractivity contribution is 5.17. The number of rotatable bonds is 1. The second-order valence-electron chi connectivity index (χ2n) is 4.21. The zero-order chi connectivity index (χ0) is 10.1. The third-order valence-corrected chi connectivity index (χ3v) is 2.84. The SMILES string of the molecule is Cc1nc(N)nc(C2CCC(C)C2)n1. The van der Waals surface area contributed by atoms with Crippen molar-refractivity contribution in [3.8, 4) is 0 Å². The molecule has 1 aliphatic rings. The van der Waals surface area contributed by atoms with Gasteiger partial charge in [-0.1, -0.05) is 6.92 Å². The van der Waals surface area contributed by atoms with Crippen LogP contribution in [0.4, 0.5) is 5.95 Å². The third-order valence-electron chi connectivity index (χ3n) is 2.84. The molecule has 1 aromatic heterocycles. The zero-order valence-electron chi connectivity index (χ0n) is 8.70. The van der Waals surface area contributed by atoms with Gasteiger partial charge in [0.05, 0.1) is 0 Å². The summed E-state index contributed by atoms with van der Waals surface area (Å²) in [6.45, 7) is 4.14. The molecule has 1 saturated carbocycles. The normalized spacial score (nSPS) is 26.7. The van der Waals surface area contributed by atoms with E-state index in [1.807, 2.05) is 6.92 Å². The van der Waals surface area contributed by atoms with Crippen molar-refractivity contribution in [2.45, 2.75) is 39.0 Å². The minimum atomic E-state index is 0.354. The standard InChI is InChI=1S/C10H16N4/c1-6-3-4-8(5-6)9-12-7(2)13-10(11)14-9/h6,8H,3-5H2,1-2H3,(H2,11,12,13,14). The maximum atomic E-state index is 5.60. The van der Waals surface area contributed by atoms with E-state index in [4.69, 9.17) is 5.73 Å². The predicted molar refractivity (Wildman–Crippen MR) is 54.7 cm³/mol. The average Bonchev–Trinajstić information content (AvgIpc) is 2.50. The Bertz CT molecular complexity index is 317. The quantitative estimate of drug-likeness (QED) is 0.735. The highest BCUT2D eigenvalue weighted by Gasteiger charge is 2.25. The summed E-state index contributed by atoms with van der Waals surface area (Å²) >= 11 is 0. The molecule has 2 N–H and O–H groups in total. The summed E-state index contributed by atoms with van der Waals surface area (Å²) in [7, 11) is 0. The van der Waals surface area contributed by atoms with Gasteiger partial charge in [0.15, 0.2) is 0 Å². The number of nitrogens with two attached hydrogens (primary N) is 1. The van der Waals surface area contributed by atoms with Crippen LogP contribution >= 0.6 is 0 Å². The Morgan fingerprint density at radius 1 is 1.21 bits per heavy atom. The van der Waals surface area contributed by atoms with E-state index in [9.17, 15) is 0 Å². The summed E-state index contributed by atoms with van der Waals surface area (Å²) in [5.41, 5.74) is 5.60. The number of hydrogen-bond donors (Lipinski definition) is 1. The molecule has 0 aliphatic heterocycles. The Balaban J connectivity index is 2.23. The monoisotopic (exact) mass is 192 g/mol. The molecule has 0 spiro atoms. The molecule has 14 heavy (non-hydrogen) atoms. The van der Waals surface area contributed by atoms with Gasteiger partial charge in [-0.3, -0.25) is 0 Å². The van der Waals surface area contributed by atoms with E-state index in [1.165, 1.54) is 19.3 Å². The Kier molecular flexibility index (Phi) is 2.35. The van der Waals surface area contributed by atoms with Gasteiger partial charge in [0, 0.05) is 5.92 Å². The molecule has 0 amide bonds. The van der Waals surface area contributed by atoms with Crippen molar-refractivity contribution < 1.29 is 0 Å². The van der Waals surface area contributed by atoms with Crippen molar-refractivity contribution in [1.29, 1.82) is 0 Å². The summed E-state index contributed by atoms with van der Waals surface area (Å²) in [6, 6.07) is 0. The van der Waals surface area contributed by atoms with Crippen molar-refractivity contribution in [3.05, 3.63) is 11.6 Å². The van der Waals surface area contributed by atoms with Gasteiger partial charge in [-0.05, 0) is 32.1 Å². The fourth-order valence-corrected chi connectivity index (χ4v) is 2.15. The molecule has 1 aromatic rings. The van der Waals surface area contributed by atoms with E-state index < -0.39 is 0 Å². The van der Waals surface area contributed by atoms with Crippen molar-refractivity contribution in [3.63, 3.8) is 0 Å². The lowest BCUT2D eigenvalue weighted by Crippen LogP contribution is -2.07. The molecule has 4 heteroatoms. The van der Waals surface area contributed by atoms with Gasteiger partial charge in [0.25, 0.3) is 0 Å². The summed E-state index contributed by atoms with van der Waals surface area (Å²) in [4.78, 5) is 12.5. The molecule has 0 bridgehead atoms. The second-order valence-corrected chi connectivity index (χ2v) is 4.21. The van der Waals surface area contributed by atoms with Crippen molar-refractivity contribution >= 4 is 5.95 Å². The van der Waals surface area contributed by atoms with Crippen LogP contribution < -0.4 is 5.73 Å². The Hall–Kier alpha value is -1.19. The fourth-order valence-electron chi connectivity index (χ4n) is 2.15. The van der Waals surface area contributed by atoms with Crippen LogP contribution in [0.25, 0.3) is 0 Å². The van der Waals surface area contributed by atoms with Crippen LogP contribution in [0.5, 0.6) is 0 Å². The van der Waals surface area contributed by atoms with Gasteiger partial charge in [-0.2, -0.15) is 9.97 Å². The lowest BCUT2D eigenvalue weighted by atomic mass is 10.1. The average molecular weight is 192 g/mol. The van der Waals surface area contributed by atoms with Crippen LogP contribution in [-0.4, -0.2) is 15.0 Å². The maximum absolute atomic E-state index is 5.60. The Morgan fingerprint density at radius 3 is 2.57 bits per heavy atom. The van der Waals surface area contributed by atoms with Crippen LogP contribution in [-0.2, 0) is 0 Å². The summed E-state index contributed by atoms with van der Waals surface area (Å²) in [5.74, 6) is 3.26. The van der Waals surface area contributed by atoms with Crippen molar-refractivity contribution in [2.75, 3.05) is 5.73 Å². The lowest BCUT2D eigenvalue weighted by Gasteiger charge is -2.08. The first-order valence-electron chi connectivity index (χ1n) is 5.13. The molecule has 1 heterocycles. The minimum Gasteiger partial charge on any atom is -0.368 e. The highest BCUT2D eigenvalue weighted by Crippen LogP contribution is 2.36. The van der Waals surface area contributed by atoms with Gasteiger partial charge >= 0.3 is 0 Å². The molecule has 0 radical (unpaired) electrons. The van der Waals surface area contributed by atoms with Crippen LogP contribution in [0, 0.1) is 12.8 Å². The Labute approximate surface area is 84.0 Å². The number of hydrogen-bond acceptors (Lipinski definition) is 4. The van der Waals surface area contributed by atoms with Crippen LogP contribution in [0.1, 0.15) is 43.8 Å². The molecule has 1 aliphatic carbocycles. The van der Waals surface area contributed by atoms with Crippen LogP contribution in [0.15, 0.2) is 0 Å². The third kappa shape index (κ3) is 1.84. The molecule has 1 fully saturated rings. The fraction of sp³-hybridized carbons (Fsp3) is 0.700. The summed E-state index contributed by atoms with van der Waals surface area (Å²) in [6.07, 6.45) is 3.64. The first kappa shape index (κ1) is 9.37. The minimum absolute atomic E-state index is 0.354. The lowest BCUT2D eigenvalue weighted by molar-refractivity contribution is 0.583. The first-order valence-corrected chi connectivity index (χ1v) is 5.13. The number of aromatic nitrogens is 3. The molecular weight excluding hydrogens is 176 g/mol. The van der Waals surface area contributed by atoms with E-state index in [0.717, 1.165) is 17.6 Å². The number of anilines is 1. The molecule has 76 valence electrons. The van der Waals surface area contributed by atoms with Gasteiger partial charge in [-0.25, -0.2) is 4.98 Å². The van der Waals surface area contributed by atoms with Crippen LogP contribution in [0.2, 0.25) is 0 Å². The largest absolute Gasteiger partial charge is 0.368 e. The van der Waals surface area contributed by atoms with E-state index in [0.29, 0.717) is 11.9 Å². The topological polar surface area (TPSA) is 64.7 Å². The van der Waals surface area contributed by atoms with Gasteiger partial charge in [-0.15, -0.1) is 0 Å². The molecule has 2 atom stereocenters. The zero-order valence-corrected chi connectivity index (χ0v) is 8.70. The second kappa shape index (κ2) is 3.52. The number of aryl methyl sites for hydroxylation is 1. The predicted octanol–water partition coefficient (Wildman–Crippen LogP) is 1.67.